The molecule has 122 valence electrons. The highest BCUT2D eigenvalue weighted by molar-refractivity contribution is 7.92. The van der Waals surface area contributed by atoms with Crippen LogP contribution >= 0.6 is 0 Å². The third-order valence-electron chi connectivity index (χ3n) is 3.77. The summed E-state index contributed by atoms with van der Waals surface area (Å²) in [5.41, 5.74) is 2.75. The van der Waals surface area contributed by atoms with Crippen LogP contribution < -0.4 is 4.72 Å². The zero-order chi connectivity index (χ0) is 16.8. The highest BCUT2D eigenvalue weighted by Crippen LogP contribution is 2.26. The van der Waals surface area contributed by atoms with E-state index in [0.717, 1.165) is 11.3 Å². The fourth-order valence-electron chi connectivity index (χ4n) is 2.62. The monoisotopic (exact) mass is 325 g/mol. The van der Waals surface area contributed by atoms with E-state index in [1.165, 1.54) is 0 Å². The van der Waals surface area contributed by atoms with Crippen LogP contribution in [0.1, 0.15) is 42.5 Å². The summed E-state index contributed by atoms with van der Waals surface area (Å²) in [4.78, 5) is 0.236. The molecule has 0 aliphatic heterocycles. The Kier molecular flexibility index (Phi) is 4.08. The molecule has 2 rings (SSSR count). The van der Waals surface area contributed by atoms with Gasteiger partial charge in [0.25, 0.3) is 10.0 Å². The number of nitrogens with zero attached hydrogens (tertiary/aromatic N) is 4. The first-order chi connectivity index (χ1) is 10.1. The van der Waals surface area contributed by atoms with Crippen LogP contribution in [0.25, 0.3) is 0 Å². The maximum atomic E-state index is 12.8. The minimum Gasteiger partial charge on any atom is -0.266 e. The van der Waals surface area contributed by atoms with Gasteiger partial charge in [-0.2, -0.15) is 10.2 Å². The van der Waals surface area contributed by atoms with Gasteiger partial charge in [0.1, 0.15) is 10.7 Å². The van der Waals surface area contributed by atoms with Crippen LogP contribution in [0.15, 0.2) is 4.90 Å². The van der Waals surface area contributed by atoms with Crippen molar-refractivity contribution < 1.29 is 8.42 Å². The van der Waals surface area contributed by atoms with Gasteiger partial charge in [0.2, 0.25) is 0 Å². The fourth-order valence-corrected chi connectivity index (χ4v) is 4.18. The maximum Gasteiger partial charge on any atom is 0.266 e. The van der Waals surface area contributed by atoms with Gasteiger partial charge in [-0.1, -0.05) is 0 Å². The first kappa shape index (κ1) is 16.5. The summed E-state index contributed by atoms with van der Waals surface area (Å²) in [6, 6.07) is 0.100. The Morgan fingerprint density at radius 2 is 1.64 bits per heavy atom. The third kappa shape index (κ3) is 2.63. The molecule has 0 aliphatic carbocycles. The van der Waals surface area contributed by atoms with Crippen LogP contribution in [0.2, 0.25) is 0 Å². The van der Waals surface area contributed by atoms with Crippen molar-refractivity contribution in [3.8, 4) is 0 Å². The van der Waals surface area contributed by atoms with Crippen LogP contribution in [0.4, 0.5) is 5.82 Å². The van der Waals surface area contributed by atoms with Gasteiger partial charge in [-0.05, 0) is 41.5 Å². The summed E-state index contributed by atoms with van der Waals surface area (Å²) in [5, 5.41) is 8.58. The van der Waals surface area contributed by atoms with Gasteiger partial charge >= 0.3 is 0 Å². The summed E-state index contributed by atoms with van der Waals surface area (Å²) in [7, 11) is -2.00. The summed E-state index contributed by atoms with van der Waals surface area (Å²) in [6.07, 6.45) is 0. The van der Waals surface area contributed by atoms with Crippen molar-refractivity contribution in [1.29, 1.82) is 0 Å². The van der Waals surface area contributed by atoms with Crippen molar-refractivity contribution >= 4 is 15.8 Å². The molecule has 2 heterocycles. The van der Waals surface area contributed by atoms with E-state index in [2.05, 4.69) is 14.9 Å². The fraction of sp³-hybridized carbons (Fsp3) is 0.571. The average molecular weight is 325 g/mol. The van der Waals surface area contributed by atoms with Crippen LogP contribution in [0.3, 0.4) is 0 Å². The number of rotatable bonds is 4. The van der Waals surface area contributed by atoms with E-state index in [9.17, 15) is 8.42 Å². The number of sulfonamides is 1. The molecule has 0 saturated heterocycles. The smallest absolute Gasteiger partial charge is 0.266 e. The predicted octanol–water partition coefficient (Wildman–Crippen LogP) is 2.23. The van der Waals surface area contributed by atoms with E-state index in [1.54, 1.807) is 30.3 Å². The molecule has 2 aromatic heterocycles. The first-order valence-corrected chi connectivity index (χ1v) is 8.63. The van der Waals surface area contributed by atoms with Gasteiger partial charge in [0.05, 0.1) is 17.1 Å². The quantitative estimate of drug-likeness (QED) is 0.934. The van der Waals surface area contributed by atoms with Crippen LogP contribution in [-0.4, -0.2) is 28.0 Å². The van der Waals surface area contributed by atoms with Gasteiger partial charge in [-0.15, -0.1) is 0 Å². The molecule has 0 radical (unpaired) electrons. The van der Waals surface area contributed by atoms with E-state index >= 15 is 0 Å². The largest absolute Gasteiger partial charge is 0.266 e. The predicted molar refractivity (Wildman–Crippen MR) is 85.6 cm³/mol. The molecule has 0 fully saturated rings. The average Bonchev–Trinajstić information content (AvgIpc) is 2.81. The topological polar surface area (TPSA) is 81.8 Å². The maximum absolute atomic E-state index is 12.8. The molecule has 22 heavy (non-hydrogen) atoms. The zero-order valence-corrected chi connectivity index (χ0v) is 14.9. The molecule has 0 spiro atoms. The van der Waals surface area contributed by atoms with Gasteiger partial charge in [0.15, 0.2) is 0 Å². The molecule has 0 aliphatic rings. The molecule has 0 aromatic carbocycles. The Balaban J connectivity index is 2.52. The number of hydrogen-bond acceptors (Lipinski definition) is 4. The van der Waals surface area contributed by atoms with Crippen molar-refractivity contribution in [3.63, 3.8) is 0 Å². The van der Waals surface area contributed by atoms with Gasteiger partial charge < -0.3 is 0 Å². The van der Waals surface area contributed by atoms with E-state index in [4.69, 9.17) is 0 Å². The second-order valence-electron chi connectivity index (χ2n) is 5.83. The number of aryl methyl sites for hydroxylation is 3. The van der Waals surface area contributed by atoms with Crippen molar-refractivity contribution in [1.82, 2.24) is 19.6 Å². The highest BCUT2D eigenvalue weighted by Gasteiger charge is 2.27. The van der Waals surface area contributed by atoms with E-state index in [1.807, 2.05) is 27.7 Å². The summed E-state index contributed by atoms with van der Waals surface area (Å²) in [5.74, 6) is 0.480. The van der Waals surface area contributed by atoms with Gasteiger partial charge in [-0.3, -0.25) is 14.1 Å². The molecule has 1 N–H and O–H groups in total. The number of aromatic nitrogens is 4. The minimum absolute atomic E-state index is 0.100. The van der Waals surface area contributed by atoms with E-state index in [-0.39, 0.29) is 10.9 Å². The Bertz CT molecular complexity index is 815. The first-order valence-electron chi connectivity index (χ1n) is 7.15. The molecular formula is C14H23N5O2S. The second kappa shape index (κ2) is 5.42. The zero-order valence-electron chi connectivity index (χ0n) is 14.1. The van der Waals surface area contributed by atoms with Crippen molar-refractivity contribution in [2.24, 2.45) is 7.05 Å². The highest BCUT2D eigenvalue weighted by atomic mass is 32.2. The van der Waals surface area contributed by atoms with E-state index < -0.39 is 10.0 Å². The van der Waals surface area contributed by atoms with Gasteiger partial charge in [-0.25, -0.2) is 8.42 Å². The lowest BCUT2D eigenvalue weighted by Crippen LogP contribution is -2.18. The molecule has 0 saturated carbocycles. The molecule has 0 atom stereocenters. The van der Waals surface area contributed by atoms with Crippen LogP contribution in [0.5, 0.6) is 0 Å². The summed E-state index contributed by atoms with van der Waals surface area (Å²) in [6.45, 7) is 11.1. The SMILES string of the molecule is Cc1nn(C)c(NS(=O)(=O)c2c(C)nn(C(C)C)c2C)c1C. The Morgan fingerprint density at radius 3 is 2.05 bits per heavy atom. The van der Waals surface area contributed by atoms with Crippen LogP contribution in [0, 0.1) is 27.7 Å². The lowest BCUT2D eigenvalue weighted by atomic mass is 10.3. The van der Waals surface area contributed by atoms with Crippen molar-refractivity contribution in [2.75, 3.05) is 4.72 Å². The van der Waals surface area contributed by atoms with Crippen molar-refractivity contribution in [2.45, 2.75) is 52.5 Å². The summed E-state index contributed by atoms with van der Waals surface area (Å²) < 4.78 is 31.5. The normalized spacial score (nSPS) is 12.2. The molecule has 0 amide bonds. The summed E-state index contributed by atoms with van der Waals surface area (Å²) >= 11 is 0. The van der Waals surface area contributed by atoms with E-state index in [0.29, 0.717) is 17.2 Å². The lowest BCUT2D eigenvalue weighted by molar-refractivity contribution is 0.514. The molecule has 2 aromatic rings. The molecular weight excluding hydrogens is 302 g/mol. The molecule has 0 unspecified atom stereocenters. The Labute approximate surface area is 131 Å². The molecule has 7 nitrogen and oxygen atoms in total. The number of nitrogens with one attached hydrogen (secondary N) is 1. The Morgan fingerprint density at radius 1 is 1.05 bits per heavy atom. The third-order valence-corrected chi connectivity index (χ3v) is 5.36. The van der Waals surface area contributed by atoms with Gasteiger partial charge in [0, 0.05) is 18.7 Å². The second-order valence-corrected chi connectivity index (χ2v) is 7.45. The molecule has 0 bridgehead atoms. The lowest BCUT2D eigenvalue weighted by Gasteiger charge is -2.11. The van der Waals surface area contributed by atoms with Crippen LogP contribution in [-0.2, 0) is 17.1 Å². The number of anilines is 1. The minimum atomic E-state index is -3.71. The molecule has 8 heteroatoms. The Hall–Kier alpha value is -1.83. The number of hydrogen-bond donors (Lipinski definition) is 1. The standard InChI is InChI=1S/C14H23N5O2S/c1-8(2)19-12(6)13(11(5)16-19)22(20,21)17-14-9(3)10(4)15-18(14)7/h8,17H,1-7H3. The van der Waals surface area contributed by atoms with Crippen molar-refractivity contribution in [3.05, 3.63) is 22.6 Å².